The molecule has 4 heterocycles. The number of para-hydroxylation sites is 2. The van der Waals surface area contributed by atoms with Crippen LogP contribution in [0.15, 0.2) is 106 Å². The van der Waals surface area contributed by atoms with Crippen molar-refractivity contribution in [1.82, 2.24) is 19.6 Å². The number of benzene rings is 2. The van der Waals surface area contributed by atoms with Crippen LogP contribution < -0.4 is 0 Å². The summed E-state index contributed by atoms with van der Waals surface area (Å²) in [6, 6.07) is 22.0. The first-order valence-electron chi connectivity index (χ1n) is 12.3. The van der Waals surface area contributed by atoms with Gasteiger partial charge >= 0.3 is 23.7 Å². The highest BCUT2D eigenvalue weighted by atomic mass is 16.7. The van der Waals surface area contributed by atoms with Crippen LogP contribution in [0.4, 0.5) is 11.8 Å². The standard InChI is InChI=1S/C28H16N6O9/c35-27(19-15-31(17-7-3-1-4-8-17)29-25(19)21-11-13-23(41-21)33(37)38)43-28(36)20-16-32(18-9-5-2-6-10-18)30-26(20)22-12-14-24(42-22)34(39)40/h1-16H. The fourth-order valence-electron chi connectivity index (χ4n) is 4.14. The topological polar surface area (TPSA) is 192 Å². The van der Waals surface area contributed by atoms with E-state index in [2.05, 4.69) is 10.2 Å². The van der Waals surface area contributed by atoms with E-state index in [-0.39, 0.29) is 34.0 Å². The molecule has 0 saturated heterocycles. The van der Waals surface area contributed by atoms with Crippen LogP contribution in [0.3, 0.4) is 0 Å². The minimum absolute atomic E-state index is 0.110. The number of aromatic nitrogens is 4. The van der Waals surface area contributed by atoms with Gasteiger partial charge < -0.3 is 13.6 Å². The second-order valence-corrected chi connectivity index (χ2v) is 8.81. The SMILES string of the molecule is O=C(OC(=O)c1cn(-c2ccccc2)nc1-c1ccc([N+](=O)[O-])o1)c1cn(-c2ccccc2)nc1-c1ccc([N+](=O)[O-])o1. The monoisotopic (exact) mass is 580 g/mol. The van der Waals surface area contributed by atoms with Gasteiger partial charge in [-0.05, 0) is 36.4 Å². The first-order chi connectivity index (χ1) is 20.8. The fourth-order valence-corrected chi connectivity index (χ4v) is 4.14. The lowest BCUT2D eigenvalue weighted by molar-refractivity contribution is -0.402. The fraction of sp³-hybridized carbons (Fsp3) is 0. The molecule has 0 N–H and O–H groups in total. The zero-order chi connectivity index (χ0) is 30.1. The van der Waals surface area contributed by atoms with E-state index in [0.29, 0.717) is 11.4 Å². The van der Waals surface area contributed by atoms with E-state index >= 15 is 0 Å². The van der Waals surface area contributed by atoms with Gasteiger partial charge in [-0.25, -0.2) is 19.0 Å². The molecule has 212 valence electrons. The number of hydrogen-bond donors (Lipinski definition) is 0. The summed E-state index contributed by atoms with van der Waals surface area (Å²) in [6.07, 6.45) is 2.58. The first kappa shape index (κ1) is 26.6. The molecule has 43 heavy (non-hydrogen) atoms. The lowest BCUT2D eigenvalue weighted by Gasteiger charge is -2.02. The molecular formula is C28H16N6O9. The van der Waals surface area contributed by atoms with Crippen LogP contribution in [-0.2, 0) is 4.74 Å². The van der Waals surface area contributed by atoms with Gasteiger partial charge in [0.05, 0.1) is 23.5 Å². The zero-order valence-electron chi connectivity index (χ0n) is 21.6. The van der Waals surface area contributed by atoms with Crippen LogP contribution in [0, 0.1) is 20.2 Å². The van der Waals surface area contributed by atoms with Crippen molar-refractivity contribution < 1.29 is 33.0 Å². The number of esters is 2. The predicted octanol–water partition coefficient (Wildman–Crippen LogP) is 5.39. The Bertz CT molecular complexity index is 1860. The number of rotatable bonds is 8. The summed E-state index contributed by atoms with van der Waals surface area (Å²) in [5, 5.41) is 31.1. The van der Waals surface area contributed by atoms with Gasteiger partial charge in [-0.15, -0.1) is 0 Å². The van der Waals surface area contributed by atoms with Gasteiger partial charge in [-0.3, -0.25) is 20.2 Å². The second kappa shape index (κ2) is 10.7. The molecule has 0 saturated carbocycles. The highest BCUT2D eigenvalue weighted by Gasteiger charge is 2.29. The molecular weight excluding hydrogens is 564 g/mol. The predicted molar refractivity (Wildman–Crippen MR) is 146 cm³/mol. The Morgan fingerprint density at radius 2 is 1.02 bits per heavy atom. The van der Waals surface area contributed by atoms with Crippen LogP contribution in [-0.4, -0.2) is 41.3 Å². The third-order valence-corrected chi connectivity index (χ3v) is 6.11. The largest absolute Gasteiger partial charge is 0.433 e. The molecule has 0 aliphatic carbocycles. The number of nitrogens with zero attached hydrogens (tertiary/aromatic N) is 6. The molecule has 0 spiro atoms. The third kappa shape index (κ3) is 5.16. The number of ether oxygens (including phenoxy) is 1. The molecule has 6 rings (SSSR count). The van der Waals surface area contributed by atoms with Crippen molar-refractivity contribution >= 4 is 23.7 Å². The third-order valence-electron chi connectivity index (χ3n) is 6.11. The van der Waals surface area contributed by atoms with Crippen LogP contribution in [0.2, 0.25) is 0 Å². The number of hydrogen-bond acceptors (Lipinski definition) is 11. The minimum atomic E-state index is -1.15. The Morgan fingerprint density at radius 3 is 1.37 bits per heavy atom. The first-order valence-corrected chi connectivity index (χ1v) is 12.3. The van der Waals surface area contributed by atoms with Gasteiger partial charge in [0.2, 0.25) is 0 Å². The number of carbonyl (C=O) groups excluding carboxylic acids is 2. The van der Waals surface area contributed by atoms with Crippen molar-refractivity contribution in [1.29, 1.82) is 0 Å². The number of nitro groups is 2. The molecule has 0 unspecified atom stereocenters. The average molecular weight is 580 g/mol. The molecule has 4 aromatic heterocycles. The molecule has 0 aliphatic rings. The molecule has 0 aliphatic heterocycles. The van der Waals surface area contributed by atoms with E-state index < -0.39 is 33.6 Å². The van der Waals surface area contributed by atoms with Gasteiger partial charge in [-0.2, -0.15) is 10.2 Å². The van der Waals surface area contributed by atoms with Gasteiger partial charge in [0.1, 0.15) is 32.4 Å². The zero-order valence-corrected chi connectivity index (χ0v) is 21.6. The smallest absolute Gasteiger partial charge is 0.399 e. The number of carbonyl (C=O) groups is 2. The summed E-state index contributed by atoms with van der Waals surface area (Å²) in [4.78, 5) is 47.7. The molecule has 0 bridgehead atoms. The molecule has 15 nitrogen and oxygen atoms in total. The van der Waals surface area contributed by atoms with E-state index in [1.54, 1.807) is 60.7 Å². The molecule has 0 fully saturated rings. The van der Waals surface area contributed by atoms with Crippen molar-refractivity contribution in [3.63, 3.8) is 0 Å². The minimum Gasteiger partial charge on any atom is -0.399 e. The molecule has 0 atom stereocenters. The average Bonchev–Trinajstić information content (AvgIpc) is 3.83. The molecule has 0 radical (unpaired) electrons. The van der Waals surface area contributed by atoms with E-state index in [1.165, 1.54) is 33.9 Å². The van der Waals surface area contributed by atoms with Gasteiger partial charge in [0.25, 0.3) is 0 Å². The second-order valence-electron chi connectivity index (χ2n) is 8.81. The Kier molecular flexibility index (Phi) is 6.63. The van der Waals surface area contributed by atoms with Crippen molar-refractivity contribution in [2.45, 2.75) is 0 Å². The molecule has 0 amide bonds. The Balaban J connectivity index is 1.38. The van der Waals surface area contributed by atoms with Crippen LogP contribution >= 0.6 is 0 Å². The van der Waals surface area contributed by atoms with Crippen molar-refractivity contribution in [2.75, 3.05) is 0 Å². The van der Waals surface area contributed by atoms with E-state index in [9.17, 15) is 29.8 Å². The van der Waals surface area contributed by atoms with E-state index in [0.717, 1.165) is 12.1 Å². The Hall–Kier alpha value is -6.64. The quantitative estimate of drug-likeness (QED) is 0.0970. The Labute approximate surface area is 239 Å². The van der Waals surface area contributed by atoms with Gasteiger partial charge in [0.15, 0.2) is 11.5 Å². The molecule has 2 aromatic carbocycles. The maximum Gasteiger partial charge on any atom is 0.433 e. The normalized spacial score (nSPS) is 10.9. The lowest BCUT2D eigenvalue weighted by Crippen LogP contribution is -2.13. The highest BCUT2D eigenvalue weighted by molar-refractivity contribution is 6.07. The summed E-state index contributed by atoms with van der Waals surface area (Å²) in [6.45, 7) is 0. The van der Waals surface area contributed by atoms with E-state index in [1.807, 2.05) is 0 Å². The summed E-state index contributed by atoms with van der Waals surface area (Å²) in [5.74, 6) is -3.67. The summed E-state index contributed by atoms with van der Waals surface area (Å²) < 4.78 is 18.4. The number of furan rings is 2. The van der Waals surface area contributed by atoms with Crippen LogP contribution in [0.25, 0.3) is 34.3 Å². The maximum atomic E-state index is 13.4. The van der Waals surface area contributed by atoms with Crippen molar-refractivity contribution in [2.24, 2.45) is 0 Å². The van der Waals surface area contributed by atoms with Crippen LogP contribution in [0.5, 0.6) is 0 Å². The van der Waals surface area contributed by atoms with Gasteiger partial charge in [0, 0.05) is 12.4 Å². The van der Waals surface area contributed by atoms with Gasteiger partial charge in [-0.1, -0.05) is 36.4 Å². The van der Waals surface area contributed by atoms with Crippen molar-refractivity contribution in [3.8, 4) is 34.3 Å². The van der Waals surface area contributed by atoms with Crippen molar-refractivity contribution in [3.05, 3.63) is 129 Å². The summed E-state index contributed by atoms with van der Waals surface area (Å²) in [5.41, 5.74) is 0.398. The molecule has 6 aromatic rings. The van der Waals surface area contributed by atoms with Crippen LogP contribution in [0.1, 0.15) is 20.7 Å². The maximum absolute atomic E-state index is 13.4. The molecule has 15 heteroatoms. The lowest BCUT2D eigenvalue weighted by atomic mass is 10.2. The Morgan fingerprint density at radius 1 is 0.628 bits per heavy atom. The highest BCUT2D eigenvalue weighted by Crippen LogP contribution is 2.31. The van der Waals surface area contributed by atoms with E-state index in [4.69, 9.17) is 13.6 Å². The summed E-state index contributed by atoms with van der Waals surface area (Å²) >= 11 is 0. The summed E-state index contributed by atoms with van der Waals surface area (Å²) in [7, 11) is 0.